The van der Waals surface area contributed by atoms with Crippen molar-refractivity contribution in [2.45, 2.75) is 0 Å². The van der Waals surface area contributed by atoms with Crippen molar-refractivity contribution in [1.82, 2.24) is 4.98 Å². The van der Waals surface area contributed by atoms with Crippen LogP contribution in [0.15, 0.2) is 48.5 Å². The predicted molar refractivity (Wildman–Crippen MR) is 49.8 cm³/mol. The fourth-order valence-corrected chi connectivity index (χ4v) is 1.18. The number of nitrogens with zero attached hydrogens (tertiary/aromatic N) is 1. The smallest absolute Gasteiger partial charge is 0.267 e. The summed E-state index contributed by atoms with van der Waals surface area (Å²) < 4.78 is 0. The second-order valence-electron chi connectivity index (χ2n) is 2.73. The Kier molecular flexibility index (Phi) is 1.96. The first kappa shape index (κ1) is 7.80. The molecule has 0 amide bonds. The number of hydrogen-bond acceptors (Lipinski definition) is 1. The first-order chi connectivity index (χ1) is 6.36. The summed E-state index contributed by atoms with van der Waals surface area (Å²) >= 11 is 0. The zero-order valence-corrected chi connectivity index (χ0v) is 6.97. The molecule has 0 saturated carbocycles. The van der Waals surface area contributed by atoms with Gasteiger partial charge in [-0.1, -0.05) is 36.4 Å². The van der Waals surface area contributed by atoms with Gasteiger partial charge in [-0.3, -0.25) is 5.11 Å². The lowest BCUT2D eigenvalue weighted by Gasteiger charge is -1.98. The van der Waals surface area contributed by atoms with Crippen LogP contribution in [0.5, 0.6) is 5.88 Å². The molecule has 0 aliphatic heterocycles. The van der Waals surface area contributed by atoms with Crippen molar-refractivity contribution in [3.05, 3.63) is 48.5 Å². The molecule has 1 radical (unpaired) electrons. The highest BCUT2D eigenvalue weighted by Gasteiger charge is 1.98. The zero-order chi connectivity index (χ0) is 9.10. The monoisotopic (exact) mass is 170 g/mol. The molecule has 1 aromatic carbocycles. The molecule has 0 atom stereocenters. The van der Waals surface area contributed by atoms with Crippen molar-refractivity contribution in [2.75, 3.05) is 0 Å². The van der Waals surface area contributed by atoms with Crippen LogP contribution in [-0.2, 0) is 5.11 Å². The molecular formula is C11H8NO. The van der Waals surface area contributed by atoms with Crippen LogP contribution >= 0.6 is 0 Å². The number of aromatic nitrogens is 1. The second kappa shape index (κ2) is 3.27. The SMILES string of the molecule is [O]c1cccc(-c2ccccc2)n1. The van der Waals surface area contributed by atoms with E-state index in [0.717, 1.165) is 11.3 Å². The van der Waals surface area contributed by atoms with Gasteiger partial charge >= 0.3 is 0 Å². The molecule has 13 heavy (non-hydrogen) atoms. The Labute approximate surface area is 76.5 Å². The van der Waals surface area contributed by atoms with Gasteiger partial charge in [0.15, 0.2) is 0 Å². The lowest BCUT2D eigenvalue weighted by molar-refractivity contribution is 0.338. The normalized spacial score (nSPS) is 9.85. The highest BCUT2D eigenvalue weighted by atomic mass is 16.3. The van der Waals surface area contributed by atoms with Crippen molar-refractivity contribution in [2.24, 2.45) is 0 Å². The number of benzene rings is 1. The average molecular weight is 170 g/mol. The molecule has 2 rings (SSSR count). The van der Waals surface area contributed by atoms with E-state index in [4.69, 9.17) is 0 Å². The van der Waals surface area contributed by atoms with Crippen LogP contribution in [0.2, 0.25) is 0 Å². The molecule has 2 heteroatoms. The Morgan fingerprint density at radius 2 is 1.62 bits per heavy atom. The molecule has 0 saturated heterocycles. The average Bonchev–Trinajstić information content (AvgIpc) is 2.19. The molecular weight excluding hydrogens is 162 g/mol. The van der Waals surface area contributed by atoms with Crippen LogP contribution in [0.25, 0.3) is 11.3 Å². The Morgan fingerprint density at radius 3 is 2.31 bits per heavy atom. The summed E-state index contributed by atoms with van der Waals surface area (Å²) in [5.41, 5.74) is 1.70. The van der Waals surface area contributed by atoms with Gasteiger partial charge in [0.05, 0.1) is 5.69 Å². The van der Waals surface area contributed by atoms with E-state index in [0.29, 0.717) is 0 Å². The van der Waals surface area contributed by atoms with Gasteiger partial charge in [0.25, 0.3) is 5.88 Å². The Balaban J connectivity index is 2.48. The van der Waals surface area contributed by atoms with Crippen molar-refractivity contribution >= 4 is 0 Å². The number of rotatable bonds is 1. The molecule has 1 heterocycles. The van der Waals surface area contributed by atoms with Gasteiger partial charge in [-0.25, -0.2) is 4.98 Å². The minimum Gasteiger partial charge on any atom is -0.267 e. The summed E-state index contributed by atoms with van der Waals surface area (Å²) in [6, 6.07) is 14.7. The first-order valence-electron chi connectivity index (χ1n) is 4.06. The van der Waals surface area contributed by atoms with Crippen LogP contribution in [0.4, 0.5) is 0 Å². The van der Waals surface area contributed by atoms with Gasteiger partial charge in [0.1, 0.15) is 0 Å². The van der Waals surface area contributed by atoms with E-state index in [1.54, 1.807) is 6.07 Å². The molecule has 0 N–H and O–H groups in total. The third-order valence-corrected chi connectivity index (χ3v) is 1.79. The molecule has 1 aromatic heterocycles. The molecule has 0 aliphatic carbocycles. The minimum absolute atomic E-state index is 0.193. The highest BCUT2D eigenvalue weighted by Crippen LogP contribution is 2.18. The molecule has 0 fully saturated rings. The van der Waals surface area contributed by atoms with Crippen LogP contribution in [0.3, 0.4) is 0 Å². The van der Waals surface area contributed by atoms with Crippen LogP contribution in [0, 0.1) is 0 Å². The Morgan fingerprint density at radius 1 is 0.846 bits per heavy atom. The lowest BCUT2D eigenvalue weighted by atomic mass is 10.1. The molecule has 2 aromatic rings. The van der Waals surface area contributed by atoms with Gasteiger partial charge in [0, 0.05) is 11.6 Å². The summed E-state index contributed by atoms with van der Waals surface area (Å²) in [4.78, 5) is 3.89. The maximum atomic E-state index is 11.0. The molecule has 0 aliphatic rings. The van der Waals surface area contributed by atoms with E-state index < -0.39 is 0 Å². The van der Waals surface area contributed by atoms with E-state index >= 15 is 0 Å². The fourth-order valence-electron chi connectivity index (χ4n) is 1.18. The molecule has 63 valence electrons. The number of pyridine rings is 1. The summed E-state index contributed by atoms with van der Waals surface area (Å²) in [7, 11) is 0. The fraction of sp³-hybridized carbons (Fsp3) is 0. The van der Waals surface area contributed by atoms with Crippen LogP contribution in [0.1, 0.15) is 0 Å². The molecule has 2 nitrogen and oxygen atoms in total. The lowest BCUT2D eigenvalue weighted by Crippen LogP contribution is -1.80. The minimum atomic E-state index is -0.193. The predicted octanol–water partition coefficient (Wildman–Crippen LogP) is 2.89. The summed E-state index contributed by atoms with van der Waals surface area (Å²) in [5, 5.41) is 11.0. The third-order valence-electron chi connectivity index (χ3n) is 1.79. The molecule has 0 spiro atoms. The first-order valence-corrected chi connectivity index (χ1v) is 4.06. The largest absolute Gasteiger partial charge is 0.270 e. The van der Waals surface area contributed by atoms with E-state index in [1.807, 2.05) is 36.4 Å². The van der Waals surface area contributed by atoms with E-state index in [9.17, 15) is 5.11 Å². The molecule has 0 bridgehead atoms. The van der Waals surface area contributed by atoms with E-state index in [-0.39, 0.29) is 5.88 Å². The number of hydrogen-bond donors (Lipinski definition) is 0. The van der Waals surface area contributed by atoms with Crippen LogP contribution < -0.4 is 0 Å². The van der Waals surface area contributed by atoms with E-state index in [2.05, 4.69) is 4.98 Å². The van der Waals surface area contributed by atoms with Crippen molar-refractivity contribution < 1.29 is 5.11 Å². The quantitative estimate of drug-likeness (QED) is 0.647. The molecule has 0 unspecified atom stereocenters. The van der Waals surface area contributed by atoms with Crippen LogP contribution in [-0.4, -0.2) is 4.98 Å². The standard InChI is InChI=1S/C11H8NO/c13-11-8-4-7-10(12-11)9-5-2-1-3-6-9/h1-8H. The maximum absolute atomic E-state index is 11.0. The van der Waals surface area contributed by atoms with Crippen molar-refractivity contribution in [3.63, 3.8) is 0 Å². The van der Waals surface area contributed by atoms with Gasteiger partial charge < -0.3 is 0 Å². The highest BCUT2D eigenvalue weighted by molar-refractivity contribution is 5.59. The second-order valence-corrected chi connectivity index (χ2v) is 2.73. The zero-order valence-electron chi connectivity index (χ0n) is 6.97. The van der Waals surface area contributed by atoms with Gasteiger partial charge in [-0.15, -0.1) is 0 Å². The van der Waals surface area contributed by atoms with E-state index in [1.165, 1.54) is 6.07 Å². The third kappa shape index (κ3) is 1.67. The topological polar surface area (TPSA) is 32.8 Å². The van der Waals surface area contributed by atoms with Gasteiger partial charge in [-0.2, -0.15) is 0 Å². The summed E-state index contributed by atoms with van der Waals surface area (Å²) in [6.07, 6.45) is 0. The summed E-state index contributed by atoms with van der Waals surface area (Å²) in [6.45, 7) is 0. The van der Waals surface area contributed by atoms with Gasteiger partial charge in [-0.05, 0) is 6.07 Å². The Bertz CT molecular complexity index is 398. The van der Waals surface area contributed by atoms with Crippen molar-refractivity contribution in [1.29, 1.82) is 0 Å². The maximum Gasteiger partial charge on any atom is 0.270 e. The van der Waals surface area contributed by atoms with Gasteiger partial charge in [0.2, 0.25) is 0 Å². The van der Waals surface area contributed by atoms with Crippen molar-refractivity contribution in [3.8, 4) is 17.1 Å². The Hall–Kier alpha value is -1.83. The summed E-state index contributed by atoms with van der Waals surface area (Å²) in [5.74, 6) is -0.193.